The van der Waals surface area contributed by atoms with Crippen molar-refractivity contribution in [1.82, 2.24) is 0 Å². The van der Waals surface area contributed by atoms with Gasteiger partial charge in [0.05, 0.1) is 13.2 Å². The third kappa shape index (κ3) is 1.59. The zero-order valence-corrected chi connectivity index (χ0v) is 9.58. The summed E-state index contributed by atoms with van der Waals surface area (Å²) in [7, 11) is 0. The van der Waals surface area contributed by atoms with Crippen LogP contribution in [0.4, 0.5) is 0 Å². The van der Waals surface area contributed by atoms with Crippen molar-refractivity contribution in [3.63, 3.8) is 0 Å². The van der Waals surface area contributed by atoms with Crippen LogP contribution in [0.25, 0.3) is 0 Å². The van der Waals surface area contributed by atoms with E-state index >= 15 is 0 Å². The van der Waals surface area contributed by atoms with Crippen LogP contribution in [0.3, 0.4) is 0 Å². The summed E-state index contributed by atoms with van der Waals surface area (Å²) in [6, 6.07) is 0. The quantitative estimate of drug-likeness (QED) is 0.596. The van der Waals surface area contributed by atoms with Gasteiger partial charge in [-0.2, -0.15) is 0 Å². The lowest BCUT2D eigenvalue weighted by atomic mass is 9.59. The Balaban J connectivity index is 2.14. The standard InChI is InChI=1S/C12H22O2/c1-9-4-10(2)12(11(3)5-9)6-13-8-14-7-12/h9-11H,4-8H2,1-3H3. The van der Waals surface area contributed by atoms with Crippen LogP contribution in [0, 0.1) is 23.2 Å². The highest BCUT2D eigenvalue weighted by molar-refractivity contribution is 4.94. The van der Waals surface area contributed by atoms with E-state index in [1.807, 2.05) is 0 Å². The van der Waals surface area contributed by atoms with E-state index in [0.29, 0.717) is 12.2 Å². The first kappa shape index (κ1) is 10.4. The summed E-state index contributed by atoms with van der Waals surface area (Å²) in [5.74, 6) is 2.34. The molecule has 2 heteroatoms. The van der Waals surface area contributed by atoms with E-state index < -0.39 is 0 Å². The lowest BCUT2D eigenvalue weighted by molar-refractivity contribution is -0.208. The van der Waals surface area contributed by atoms with Gasteiger partial charge in [-0.1, -0.05) is 20.8 Å². The predicted octanol–water partition coefficient (Wildman–Crippen LogP) is 2.68. The minimum Gasteiger partial charge on any atom is -0.355 e. The van der Waals surface area contributed by atoms with Crippen LogP contribution in [0.15, 0.2) is 0 Å². The predicted molar refractivity (Wildman–Crippen MR) is 55.9 cm³/mol. The minimum atomic E-state index is 0.310. The van der Waals surface area contributed by atoms with Crippen molar-refractivity contribution >= 4 is 0 Å². The molecule has 0 N–H and O–H groups in total. The Morgan fingerprint density at radius 2 is 1.43 bits per heavy atom. The van der Waals surface area contributed by atoms with E-state index in [4.69, 9.17) is 9.47 Å². The Morgan fingerprint density at radius 1 is 0.929 bits per heavy atom. The van der Waals surface area contributed by atoms with Crippen molar-refractivity contribution in [3.05, 3.63) is 0 Å². The van der Waals surface area contributed by atoms with Gasteiger partial charge in [0, 0.05) is 5.41 Å². The molecule has 0 aromatic heterocycles. The molecule has 0 amide bonds. The van der Waals surface area contributed by atoms with Gasteiger partial charge in [-0.3, -0.25) is 0 Å². The molecule has 1 saturated carbocycles. The van der Waals surface area contributed by atoms with Crippen molar-refractivity contribution in [3.8, 4) is 0 Å². The average Bonchev–Trinajstić information content (AvgIpc) is 2.16. The van der Waals surface area contributed by atoms with Crippen LogP contribution in [0.5, 0.6) is 0 Å². The molecule has 2 fully saturated rings. The number of hydrogen-bond donors (Lipinski definition) is 0. The highest BCUT2D eigenvalue weighted by Crippen LogP contribution is 2.48. The van der Waals surface area contributed by atoms with Crippen molar-refractivity contribution < 1.29 is 9.47 Å². The SMILES string of the molecule is CC1CC(C)C2(COCOC2)C(C)C1. The Bertz CT molecular complexity index is 182. The monoisotopic (exact) mass is 198 g/mol. The van der Waals surface area contributed by atoms with Gasteiger partial charge in [-0.25, -0.2) is 0 Å². The topological polar surface area (TPSA) is 18.5 Å². The third-order valence-corrected chi connectivity index (χ3v) is 4.38. The van der Waals surface area contributed by atoms with E-state index in [-0.39, 0.29) is 0 Å². The minimum absolute atomic E-state index is 0.310. The third-order valence-electron chi connectivity index (χ3n) is 4.38. The van der Waals surface area contributed by atoms with Crippen molar-refractivity contribution in [2.24, 2.45) is 23.2 Å². The Morgan fingerprint density at radius 3 is 1.93 bits per heavy atom. The normalized spacial score (nSPS) is 42.6. The fourth-order valence-electron chi connectivity index (χ4n) is 3.39. The van der Waals surface area contributed by atoms with E-state index in [9.17, 15) is 0 Å². The first-order valence-electron chi connectivity index (χ1n) is 5.80. The highest BCUT2D eigenvalue weighted by atomic mass is 16.7. The van der Waals surface area contributed by atoms with Gasteiger partial charge in [-0.15, -0.1) is 0 Å². The van der Waals surface area contributed by atoms with Gasteiger partial charge in [0.1, 0.15) is 6.79 Å². The second-order valence-electron chi connectivity index (χ2n) is 5.43. The lowest BCUT2D eigenvalue weighted by Crippen LogP contribution is -2.50. The van der Waals surface area contributed by atoms with Crippen LogP contribution in [-0.4, -0.2) is 20.0 Å². The van der Waals surface area contributed by atoms with Gasteiger partial charge < -0.3 is 9.47 Å². The molecule has 0 aromatic rings. The number of rotatable bonds is 0. The molecule has 2 unspecified atom stereocenters. The fraction of sp³-hybridized carbons (Fsp3) is 1.00. The Kier molecular flexibility index (Phi) is 2.85. The van der Waals surface area contributed by atoms with Crippen molar-refractivity contribution in [1.29, 1.82) is 0 Å². The molecule has 82 valence electrons. The van der Waals surface area contributed by atoms with E-state index in [2.05, 4.69) is 20.8 Å². The first-order valence-corrected chi connectivity index (χ1v) is 5.80. The van der Waals surface area contributed by atoms with Crippen molar-refractivity contribution in [2.45, 2.75) is 33.6 Å². The smallest absolute Gasteiger partial charge is 0.146 e. The van der Waals surface area contributed by atoms with Crippen LogP contribution < -0.4 is 0 Å². The van der Waals surface area contributed by atoms with Gasteiger partial charge in [0.25, 0.3) is 0 Å². The summed E-state index contributed by atoms with van der Waals surface area (Å²) in [5.41, 5.74) is 0.310. The zero-order valence-electron chi connectivity index (χ0n) is 9.58. The van der Waals surface area contributed by atoms with E-state index in [1.54, 1.807) is 0 Å². The van der Waals surface area contributed by atoms with Crippen LogP contribution >= 0.6 is 0 Å². The largest absolute Gasteiger partial charge is 0.355 e. The number of ether oxygens (including phenoxy) is 2. The molecule has 1 heterocycles. The molecule has 14 heavy (non-hydrogen) atoms. The molecule has 1 saturated heterocycles. The Labute approximate surface area is 87.0 Å². The maximum Gasteiger partial charge on any atom is 0.146 e. The second-order valence-corrected chi connectivity index (χ2v) is 5.43. The van der Waals surface area contributed by atoms with Crippen LogP contribution in [0.2, 0.25) is 0 Å². The second kappa shape index (κ2) is 3.82. The summed E-state index contributed by atoms with van der Waals surface area (Å²) in [6.07, 6.45) is 2.66. The van der Waals surface area contributed by atoms with Gasteiger partial charge in [0.15, 0.2) is 0 Å². The molecule has 0 aromatic carbocycles. The fourth-order valence-corrected chi connectivity index (χ4v) is 3.39. The number of hydrogen-bond acceptors (Lipinski definition) is 2. The van der Waals surface area contributed by atoms with Gasteiger partial charge >= 0.3 is 0 Å². The van der Waals surface area contributed by atoms with E-state index in [1.165, 1.54) is 12.8 Å². The highest BCUT2D eigenvalue weighted by Gasteiger charge is 2.47. The molecule has 0 radical (unpaired) electrons. The summed E-state index contributed by atoms with van der Waals surface area (Å²) >= 11 is 0. The van der Waals surface area contributed by atoms with Crippen LogP contribution in [-0.2, 0) is 9.47 Å². The molecule has 1 aliphatic carbocycles. The molecular weight excluding hydrogens is 176 g/mol. The summed E-state index contributed by atoms with van der Waals surface area (Å²) in [4.78, 5) is 0. The maximum absolute atomic E-state index is 5.52. The Hall–Kier alpha value is -0.0800. The molecular formula is C12H22O2. The van der Waals surface area contributed by atoms with Crippen molar-refractivity contribution in [2.75, 3.05) is 20.0 Å². The average molecular weight is 198 g/mol. The zero-order chi connectivity index (χ0) is 10.2. The molecule has 2 aliphatic rings. The summed E-state index contributed by atoms with van der Waals surface area (Å²) in [6.45, 7) is 9.40. The molecule has 2 atom stereocenters. The molecule has 2 nitrogen and oxygen atoms in total. The first-order chi connectivity index (χ1) is 6.65. The lowest BCUT2D eigenvalue weighted by Gasteiger charge is -2.50. The molecule has 1 aliphatic heterocycles. The summed E-state index contributed by atoms with van der Waals surface area (Å²) < 4.78 is 11.0. The maximum atomic E-state index is 5.52. The molecule has 1 spiro atoms. The van der Waals surface area contributed by atoms with Gasteiger partial charge in [0.2, 0.25) is 0 Å². The van der Waals surface area contributed by atoms with Gasteiger partial charge in [-0.05, 0) is 30.6 Å². The molecule has 2 rings (SSSR count). The van der Waals surface area contributed by atoms with E-state index in [0.717, 1.165) is 31.0 Å². The summed E-state index contributed by atoms with van der Waals surface area (Å²) in [5, 5.41) is 0. The molecule has 0 bridgehead atoms. The van der Waals surface area contributed by atoms with Crippen LogP contribution in [0.1, 0.15) is 33.6 Å².